The van der Waals surface area contributed by atoms with E-state index in [-0.39, 0.29) is 11.4 Å². The second-order valence-electron chi connectivity index (χ2n) is 6.50. The van der Waals surface area contributed by atoms with Crippen molar-refractivity contribution in [2.24, 2.45) is 0 Å². The summed E-state index contributed by atoms with van der Waals surface area (Å²) in [5.41, 5.74) is 4.79. The summed E-state index contributed by atoms with van der Waals surface area (Å²) in [5.74, 6) is -0.0529. The zero-order valence-corrected chi connectivity index (χ0v) is 13.3. The van der Waals surface area contributed by atoms with Gasteiger partial charge in [0.1, 0.15) is 0 Å². The number of amides is 1. The van der Waals surface area contributed by atoms with Crippen LogP contribution in [0.15, 0.2) is 48.8 Å². The monoisotopic (exact) mass is 305 g/mol. The molecule has 0 unspecified atom stereocenters. The molecule has 4 rings (SSSR count). The largest absolute Gasteiger partial charge is 0.342 e. The molecule has 0 saturated heterocycles. The number of rotatable bonds is 3. The van der Waals surface area contributed by atoms with Gasteiger partial charge in [-0.3, -0.25) is 4.79 Å². The predicted octanol–water partition coefficient (Wildman–Crippen LogP) is 3.37. The molecule has 0 radical (unpaired) electrons. The van der Waals surface area contributed by atoms with Crippen molar-refractivity contribution < 1.29 is 4.79 Å². The number of nitrogens with one attached hydrogen (secondary N) is 1. The number of carbonyl (C=O) groups is 1. The SMILES string of the molecule is Cc1cccc(C2(NC(=O)c3cnn4cc(C)ccc34)CC2)c1. The number of hydrogen-bond acceptors (Lipinski definition) is 2. The minimum absolute atomic E-state index is 0.0529. The Hall–Kier alpha value is -2.62. The van der Waals surface area contributed by atoms with Crippen molar-refractivity contribution in [3.63, 3.8) is 0 Å². The van der Waals surface area contributed by atoms with E-state index in [4.69, 9.17) is 0 Å². The summed E-state index contributed by atoms with van der Waals surface area (Å²) in [6.45, 7) is 4.09. The zero-order valence-electron chi connectivity index (χ0n) is 13.3. The predicted molar refractivity (Wildman–Crippen MR) is 89.5 cm³/mol. The first-order valence-corrected chi connectivity index (χ1v) is 7.91. The lowest BCUT2D eigenvalue weighted by molar-refractivity contribution is 0.0932. The highest BCUT2D eigenvalue weighted by atomic mass is 16.1. The smallest absolute Gasteiger partial charge is 0.255 e. The Bertz CT molecular complexity index is 906. The van der Waals surface area contributed by atoms with E-state index in [1.165, 1.54) is 11.1 Å². The third-order valence-corrected chi connectivity index (χ3v) is 4.58. The fourth-order valence-electron chi connectivity index (χ4n) is 3.10. The van der Waals surface area contributed by atoms with E-state index in [2.05, 4.69) is 41.6 Å². The van der Waals surface area contributed by atoms with E-state index < -0.39 is 0 Å². The summed E-state index contributed by atoms with van der Waals surface area (Å²) in [6, 6.07) is 12.3. The summed E-state index contributed by atoms with van der Waals surface area (Å²) in [7, 11) is 0. The minimum Gasteiger partial charge on any atom is -0.342 e. The zero-order chi connectivity index (χ0) is 16.0. The molecule has 2 heterocycles. The van der Waals surface area contributed by atoms with Gasteiger partial charge in [0.15, 0.2) is 0 Å². The molecule has 0 spiro atoms. The molecule has 1 fully saturated rings. The second-order valence-corrected chi connectivity index (χ2v) is 6.50. The van der Waals surface area contributed by atoms with Crippen LogP contribution in [0, 0.1) is 13.8 Å². The topological polar surface area (TPSA) is 46.4 Å². The molecule has 0 atom stereocenters. The van der Waals surface area contributed by atoms with Crippen molar-refractivity contribution in [2.45, 2.75) is 32.2 Å². The number of aryl methyl sites for hydroxylation is 2. The van der Waals surface area contributed by atoms with E-state index in [9.17, 15) is 4.79 Å². The third kappa shape index (κ3) is 2.40. The molecule has 1 amide bonds. The summed E-state index contributed by atoms with van der Waals surface area (Å²) in [5, 5.41) is 7.52. The van der Waals surface area contributed by atoms with Gasteiger partial charge in [-0.2, -0.15) is 5.10 Å². The molecular formula is C19H19N3O. The molecule has 3 aromatic rings. The van der Waals surface area contributed by atoms with E-state index in [0.29, 0.717) is 5.56 Å². The molecule has 1 N–H and O–H groups in total. The van der Waals surface area contributed by atoms with E-state index in [1.54, 1.807) is 10.7 Å². The standard InChI is InChI=1S/C19H19N3O/c1-13-4-3-5-15(10-13)19(8-9-19)21-18(23)16-11-20-22-12-14(2)6-7-17(16)22/h3-7,10-12H,8-9H2,1-2H3,(H,21,23). The van der Waals surface area contributed by atoms with Crippen LogP contribution in [0.25, 0.3) is 5.52 Å². The number of benzene rings is 1. The first-order chi connectivity index (χ1) is 11.1. The highest BCUT2D eigenvalue weighted by Crippen LogP contribution is 2.45. The second kappa shape index (κ2) is 4.95. The van der Waals surface area contributed by atoms with Crippen LogP contribution in [0.2, 0.25) is 0 Å². The Labute approximate surface area is 135 Å². The molecule has 1 aliphatic rings. The maximum absolute atomic E-state index is 12.8. The van der Waals surface area contributed by atoms with Crippen molar-refractivity contribution in [3.05, 3.63) is 71.0 Å². The maximum atomic E-state index is 12.8. The van der Waals surface area contributed by atoms with Gasteiger partial charge < -0.3 is 5.32 Å². The lowest BCUT2D eigenvalue weighted by Gasteiger charge is -2.18. The molecule has 1 saturated carbocycles. The fraction of sp³-hybridized carbons (Fsp3) is 0.263. The molecule has 1 aromatic carbocycles. The van der Waals surface area contributed by atoms with Gasteiger partial charge >= 0.3 is 0 Å². The maximum Gasteiger partial charge on any atom is 0.255 e. The van der Waals surface area contributed by atoms with Crippen molar-refractivity contribution in [1.82, 2.24) is 14.9 Å². The highest BCUT2D eigenvalue weighted by molar-refractivity contribution is 6.01. The van der Waals surface area contributed by atoms with Gasteiger partial charge in [0.05, 0.1) is 22.8 Å². The minimum atomic E-state index is -0.206. The molecule has 4 heteroatoms. The first-order valence-electron chi connectivity index (χ1n) is 7.91. The number of fused-ring (bicyclic) bond motifs is 1. The Morgan fingerprint density at radius 2 is 2.00 bits per heavy atom. The van der Waals surface area contributed by atoms with Gasteiger partial charge in [0, 0.05) is 6.20 Å². The number of hydrogen-bond donors (Lipinski definition) is 1. The van der Waals surface area contributed by atoms with Crippen LogP contribution < -0.4 is 5.32 Å². The van der Waals surface area contributed by atoms with E-state index in [1.807, 2.05) is 25.3 Å². The van der Waals surface area contributed by atoms with Crippen molar-refractivity contribution in [2.75, 3.05) is 0 Å². The van der Waals surface area contributed by atoms with E-state index >= 15 is 0 Å². The van der Waals surface area contributed by atoms with Crippen molar-refractivity contribution >= 4 is 11.4 Å². The molecule has 2 aromatic heterocycles. The average Bonchev–Trinajstić information content (AvgIpc) is 3.18. The molecular weight excluding hydrogens is 286 g/mol. The molecule has 0 bridgehead atoms. The summed E-state index contributed by atoms with van der Waals surface area (Å²) in [4.78, 5) is 12.8. The van der Waals surface area contributed by atoms with Gasteiger partial charge in [0.25, 0.3) is 5.91 Å². The van der Waals surface area contributed by atoms with Gasteiger partial charge in [-0.05, 0) is 43.9 Å². The lowest BCUT2D eigenvalue weighted by Crippen LogP contribution is -2.34. The van der Waals surface area contributed by atoms with Crippen LogP contribution in [-0.4, -0.2) is 15.5 Å². The van der Waals surface area contributed by atoms with Crippen LogP contribution in [0.4, 0.5) is 0 Å². The van der Waals surface area contributed by atoms with Gasteiger partial charge in [-0.1, -0.05) is 35.9 Å². The van der Waals surface area contributed by atoms with Crippen LogP contribution in [0.1, 0.15) is 39.9 Å². The van der Waals surface area contributed by atoms with Crippen LogP contribution in [0.3, 0.4) is 0 Å². The number of nitrogens with zero attached hydrogens (tertiary/aromatic N) is 2. The lowest BCUT2D eigenvalue weighted by atomic mass is 10.0. The molecule has 1 aliphatic carbocycles. The van der Waals surface area contributed by atoms with Gasteiger partial charge in [0.2, 0.25) is 0 Å². The summed E-state index contributed by atoms with van der Waals surface area (Å²) >= 11 is 0. The Morgan fingerprint density at radius 1 is 1.17 bits per heavy atom. The number of aromatic nitrogens is 2. The Balaban J connectivity index is 1.64. The summed E-state index contributed by atoms with van der Waals surface area (Å²) in [6.07, 6.45) is 5.55. The average molecular weight is 305 g/mol. The van der Waals surface area contributed by atoms with Crippen LogP contribution in [-0.2, 0) is 5.54 Å². The van der Waals surface area contributed by atoms with Gasteiger partial charge in [-0.25, -0.2) is 4.52 Å². The fourth-order valence-corrected chi connectivity index (χ4v) is 3.10. The molecule has 116 valence electrons. The summed E-state index contributed by atoms with van der Waals surface area (Å²) < 4.78 is 1.76. The van der Waals surface area contributed by atoms with Gasteiger partial charge in [-0.15, -0.1) is 0 Å². The van der Waals surface area contributed by atoms with Crippen molar-refractivity contribution in [1.29, 1.82) is 0 Å². The van der Waals surface area contributed by atoms with Crippen LogP contribution in [0.5, 0.6) is 0 Å². The normalized spacial score (nSPS) is 15.6. The first kappa shape index (κ1) is 14.0. The third-order valence-electron chi connectivity index (χ3n) is 4.58. The molecule has 0 aliphatic heterocycles. The number of pyridine rings is 1. The Morgan fingerprint density at radius 3 is 2.74 bits per heavy atom. The Kier molecular flexibility index (Phi) is 3.01. The van der Waals surface area contributed by atoms with E-state index in [0.717, 1.165) is 23.9 Å². The van der Waals surface area contributed by atoms with Crippen molar-refractivity contribution in [3.8, 4) is 0 Å². The molecule has 23 heavy (non-hydrogen) atoms. The highest BCUT2D eigenvalue weighted by Gasteiger charge is 2.46. The van der Waals surface area contributed by atoms with Crippen LogP contribution >= 0.6 is 0 Å². The number of carbonyl (C=O) groups excluding carboxylic acids is 1. The quantitative estimate of drug-likeness (QED) is 0.806. The molecule has 4 nitrogen and oxygen atoms in total.